The minimum atomic E-state index is -1.35. The Hall–Kier alpha value is -2.94. The van der Waals surface area contributed by atoms with Crippen LogP contribution in [0.2, 0.25) is 0 Å². The third kappa shape index (κ3) is 10.1. The van der Waals surface area contributed by atoms with Gasteiger partial charge >= 0.3 is 23.9 Å². The number of esters is 3. The van der Waals surface area contributed by atoms with Crippen molar-refractivity contribution in [1.82, 2.24) is 0 Å². The SMILES string of the molecule is CC(C)CC(=O)Oc1ccc(C(C(C)C(C)OC(=O)C(C)C(C)C)[C@H](N)C(=O)O)cc1OC(=O)CC(C)C. The molecule has 0 aliphatic carbocycles. The van der Waals surface area contributed by atoms with Crippen LogP contribution >= 0.6 is 0 Å². The molecule has 0 bridgehead atoms. The van der Waals surface area contributed by atoms with Crippen LogP contribution in [0.3, 0.4) is 0 Å². The Labute approximate surface area is 226 Å². The molecular formula is C29H45NO8. The maximum atomic E-state index is 12.6. The molecule has 0 saturated heterocycles. The summed E-state index contributed by atoms with van der Waals surface area (Å²) in [6, 6.07) is 3.19. The maximum Gasteiger partial charge on any atom is 0.321 e. The zero-order chi connectivity index (χ0) is 29.3. The molecule has 214 valence electrons. The molecule has 5 atom stereocenters. The molecule has 0 heterocycles. The Bertz CT molecular complexity index is 971. The molecule has 0 radical (unpaired) electrons. The number of carboxylic acids is 1. The third-order valence-electron chi connectivity index (χ3n) is 6.60. The van der Waals surface area contributed by atoms with E-state index in [1.54, 1.807) is 26.8 Å². The molecule has 0 fully saturated rings. The average molecular weight is 536 g/mol. The zero-order valence-corrected chi connectivity index (χ0v) is 24.1. The van der Waals surface area contributed by atoms with Gasteiger partial charge < -0.3 is 25.1 Å². The van der Waals surface area contributed by atoms with Crippen molar-refractivity contribution in [2.45, 2.75) is 93.2 Å². The van der Waals surface area contributed by atoms with E-state index in [4.69, 9.17) is 19.9 Å². The van der Waals surface area contributed by atoms with Gasteiger partial charge in [-0.05, 0) is 42.4 Å². The van der Waals surface area contributed by atoms with E-state index in [2.05, 4.69) is 0 Å². The quantitative estimate of drug-likeness (QED) is 0.250. The number of aliphatic carboxylic acids is 1. The summed E-state index contributed by atoms with van der Waals surface area (Å²) in [6.45, 7) is 16.6. The van der Waals surface area contributed by atoms with Gasteiger partial charge in [-0.3, -0.25) is 19.2 Å². The van der Waals surface area contributed by atoms with E-state index in [0.717, 1.165) is 0 Å². The van der Waals surface area contributed by atoms with Gasteiger partial charge in [0.05, 0.1) is 5.92 Å². The summed E-state index contributed by atoms with van der Waals surface area (Å²) in [5.74, 6) is -4.04. The second-order valence-corrected chi connectivity index (χ2v) is 11.3. The highest BCUT2D eigenvalue weighted by atomic mass is 16.6. The van der Waals surface area contributed by atoms with Crippen LogP contribution in [0.4, 0.5) is 0 Å². The fraction of sp³-hybridized carbons (Fsp3) is 0.655. The Morgan fingerprint density at radius 1 is 0.816 bits per heavy atom. The van der Waals surface area contributed by atoms with Crippen LogP contribution in [0.1, 0.15) is 86.6 Å². The van der Waals surface area contributed by atoms with E-state index in [1.165, 1.54) is 12.1 Å². The molecule has 3 N–H and O–H groups in total. The first kappa shape index (κ1) is 33.1. The maximum absolute atomic E-state index is 12.6. The molecule has 0 spiro atoms. The zero-order valence-electron chi connectivity index (χ0n) is 24.1. The Morgan fingerprint density at radius 2 is 1.32 bits per heavy atom. The van der Waals surface area contributed by atoms with Crippen molar-refractivity contribution in [1.29, 1.82) is 0 Å². The predicted molar refractivity (Wildman–Crippen MR) is 144 cm³/mol. The van der Waals surface area contributed by atoms with Gasteiger partial charge in [-0.25, -0.2) is 0 Å². The van der Waals surface area contributed by atoms with Gasteiger partial charge in [0.25, 0.3) is 0 Å². The summed E-state index contributed by atoms with van der Waals surface area (Å²) < 4.78 is 16.7. The molecule has 0 aliphatic rings. The molecule has 0 saturated carbocycles. The van der Waals surface area contributed by atoms with Gasteiger partial charge in [0.2, 0.25) is 0 Å². The lowest BCUT2D eigenvalue weighted by atomic mass is 9.79. The molecule has 9 nitrogen and oxygen atoms in total. The van der Waals surface area contributed by atoms with Crippen molar-refractivity contribution in [3.63, 3.8) is 0 Å². The lowest BCUT2D eigenvalue weighted by molar-refractivity contribution is -0.157. The van der Waals surface area contributed by atoms with E-state index in [9.17, 15) is 24.3 Å². The van der Waals surface area contributed by atoms with Crippen LogP contribution in [-0.2, 0) is 23.9 Å². The van der Waals surface area contributed by atoms with Gasteiger partial charge in [-0.15, -0.1) is 0 Å². The second-order valence-electron chi connectivity index (χ2n) is 11.3. The molecule has 4 unspecified atom stereocenters. The summed E-state index contributed by atoms with van der Waals surface area (Å²) in [5, 5.41) is 9.77. The number of carboxylic acid groups (broad SMARTS) is 1. The normalized spacial score (nSPS) is 15.5. The van der Waals surface area contributed by atoms with Crippen LogP contribution in [-0.4, -0.2) is 41.1 Å². The minimum absolute atomic E-state index is 0.00174. The number of rotatable bonds is 14. The molecule has 9 heteroatoms. The van der Waals surface area contributed by atoms with E-state index < -0.39 is 41.9 Å². The predicted octanol–water partition coefficient (Wildman–Crippen LogP) is 4.95. The Balaban J connectivity index is 3.46. The standard InChI is InChI=1S/C29H45NO8/c1-15(2)12-24(31)37-22-11-10-21(14-23(22)38-25(32)13-16(3)4)26(27(30)28(33)34)19(8)20(9)36-29(35)18(7)17(5)6/h10-11,14-20,26-27H,12-13,30H2,1-9H3,(H,33,34)/t18?,19?,20?,26?,27-/m0/s1. The first-order chi connectivity index (χ1) is 17.5. The highest BCUT2D eigenvalue weighted by Gasteiger charge is 2.36. The molecule has 0 aliphatic heterocycles. The van der Waals surface area contributed by atoms with Crippen molar-refractivity contribution in [2.75, 3.05) is 0 Å². The molecule has 1 aromatic carbocycles. The van der Waals surface area contributed by atoms with E-state index in [0.29, 0.717) is 5.56 Å². The summed E-state index contributed by atoms with van der Waals surface area (Å²) in [6.07, 6.45) is -0.351. The molecule has 0 aromatic heterocycles. The van der Waals surface area contributed by atoms with E-state index >= 15 is 0 Å². The van der Waals surface area contributed by atoms with Gasteiger partial charge in [0, 0.05) is 24.7 Å². The summed E-state index contributed by atoms with van der Waals surface area (Å²) in [5.41, 5.74) is 6.58. The van der Waals surface area contributed by atoms with Gasteiger partial charge in [-0.1, -0.05) is 61.5 Å². The van der Waals surface area contributed by atoms with Gasteiger partial charge in [0.15, 0.2) is 11.5 Å². The van der Waals surface area contributed by atoms with Crippen LogP contribution < -0.4 is 15.2 Å². The molecule has 38 heavy (non-hydrogen) atoms. The number of carbonyl (C=O) groups excluding carboxylic acids is 3. The third-order valence-corrected chi connectivity index (χ3v) is 6.60. The number of hydrogen-bond donors (Lipinski definition) is 2. The fourth-order valence-electron chi connectivity index (χ4n) is 3.84. The number of carbonyl (C=O) groups is 4. The van der Waals surface area contributed by atoms with Crippen molar-refractivity contribution >= 4 is 23.9 Å². The van der Waals surface area contributed by atoms with E-state index in [1.807, 2.05) is 41.5 Å². The number of ether oxygens (including phenoxy) is 3. The van der Waals surface area contributed by atoms with Crippen molar-refractivity contribution in [2.24, 2.45) is 35.3 Å². The minimum Gasteiger partial charge on any atom is -0.480 e. The van der Waals surface area contributed by atoms with Crippen molar-refractivity contribution in [3.8, 4) is 11.5 Å². The van der Waals surface area contributed by atoms with Crippen molar-refractivity contribution in [3.05, 3.63) is 23.8 Å². The second kappa shape index (κ2) is 14.9. The van der Waals surface area contributed by atoms with Crippen LogP contribution in [0.25, 0.3) is 0 Å². The van der Waals surface area contributed by atoms with E-state index in [-0.39, 0.29) is 54.0 Å². The lowest BCUT2D eigenvalue weighted by Crippen LogP contribution is -2.43. The van der Waals surface area contributed by atoms with Crippen LogP contribution in [0, 0.1) is 29.6 Å². The largest absolute Gasteiger partial charge is 0.480 e. The molecular weight excluding hydrogens is 490 g/mol. The Kier molecular flexibility index (Phi) is 12.9. The number of benzene rings is 1. The molecule has 1 rings (SSSR count). The number of hydrogen-bond acceptors (Lipinski definition) is 8. The lowest BCUT2D eigenvalue weighted by Gasteiger charge is -2.32. The highest BCUT2D eigenvalue weighted by Crippen LogP contribution is 2.37. The monoisotopic (exact) mass is 535 g/mol. The van der Waals surface area contributed by atoms with Crippen molar-refractivity contribution < 1.29 is 38.5 Å². The first-order valence-electron chi connectivity index (χ1n) is 13.3. The summed E-state index contributed by atoms with van der Waals surface area (Å²) in [7, 11) is 0. The highest BCUT2D eigenvalue weighted by molar-refractivity contribution is 5.77. The molecule has 0 amide bonds. The van der Waals surface area contributed by atoms with Gasteiger partial charge in [0.1, 0.15) is 12.1 Å². The molecule has 1 aromatic rings. The van der Waals surface area contributed by atoms with Crippen LogP contribution in [0.15, 0.2) is 18.2 Å². The van der Waals surface area contributed by atoms with Gasteiger partial charge in [-0.2, -0.15) is 0 Å². The number of nitrogens with two attached hydrogens (primary N) is 1. The smallest absolute Gasteiger partial charge is 0.321 e. The Morgan fingerprint density at radius 3 is 1.76 bits per heavy atom. The summed E-state index contributed by atoms with van der Waals surface area (Å²) >= 11 is 0. The fourth-order valence-corrected chi connectivity index (χ4v) is 3.84. The first-order valence-corrected chi connectivity index (χ1v) is 13.3. The van der Waals surface area contributed by atoms with Crippen LogP contribution in [0.5, 0.6) is 11.5 Å². The topological polar surface area (TPSA) is 142 Å². The summed E-state index contributed by atoms with van der Waals surface area (Å²) in [4.78, 5) is 49.4. The average Bonchev–Trinajstić information content (AvgIpc) is 2.78.